The van der Waals surface area contributed by atoms with Crippen LogP contribution >= 0.6 is 0 Å². The smallest absolute Gasteiger partial charge is 0.270 e. The minimum atomic E-state index is -1.01. The Morgan fingerprint density at radius 2 is 2.22 bits per heavy atom. The maximum atomic E-state index is 11.7. The molecule has 1 amide bonds. The molecule has 8 heteroatoms. The van der Waals surface area contributed by atoms with Gasteiger partial charge in [0.05, 0.1) is 10.5 Å². The van der Waals surface area contributed by atoms with Gasteiger partial charge in [0, 0.05) is 47.2 Å². The predicted molar refractivity (Wildman–Crippen MR) is 68.8 cm³/mol. The quantitative estimate of drug-likeness (QED) is 0.453. The van der Waals surface area contributed by atoms with Gasteiger partial charge < -0.3 is 11.1 Å². The summed E-state index contributed by atoms with van der Waals surface area (Å²) in [6.45, 7) is 0.226. The molecule has 0 aliphatic heterocycles. The lowest BCUT2D eigenvalue weighted by molar-refractivity contribution is -0.384. The SMILES string of the molecule is CS(=O)CCNC(=O)c1cc([N+](=O)[O-])ccc1N. The van der Waals surface area contributed by atoms with Gasteiger partial charge in [-0.05, 0) is 6.07 Å². The summed E-state index contributed by atoms with van der Waals surface area (Å²) in [5, 5.41) is 13.1. The molecule has 0 aliphatic carbocycles. The number of carbonyl (C=O) groups excluding carboxylic acids is 1. The molecule has 0 aromatic heterocycles. The number of nitrogens with two attached hydrogens (primary N) is 1. The molecule has 0 heterocycles. The Hall–Kier alpha value is -1.96. The van der Waals surface area contributed by atoms with E-state index in [1.807, 2.05) is 0 Å². The zero-order chi connectivity index (χ0) is 13.7. The third-order valence-electron chi connectivity index (χ3n) is 2.17. The Balaban J connectivity index is 2.81. The molecule has 3 N–H and O–H groups in total. The van der Waals surface area contributed by atoms with Crippen molar-refractivity contribution in [1.29, 1.82) is 0 Å². The second-order valence-corrected chi connectivity index (χ2v) is 5.12. The standard InChI is InChI=1S/C10H13N3O4S/c1-18(17)5-4-12-10(14)8-6-7(13(15)16)2-3-9(8)11/h2-3,6H,4-5,11H2,1H3,(H,12,14). The second-order valence-electron chi connectivity index (χ2n) is 3.56. The van der Waals surface area contributed by atoms with Crippen molar-refractivity contribution >= 4 is 28.1 Å². The van der Waals surface area contributed by atoms with Gasteiger partial charge in [0.1, 0.15) is 0 Å². The van der Waals surface area contributed by atoms with Gasteiger partial charge in [-0.2, -0.15) is 0 Å². The van der Waals surface area contributed by atoms with Crippen LogP contribution in [0.5, 0.6) is 0 Å². The van der Waals surface area contributed by atoms with Crippen molar-refractivity contribution in [3.8, 4) is 0 Å². The van der Waals surface area contributed by atoms with Crippen LogP contribution in [-0.2, 0) is 10.8 Å². The number of rotatable bonds is 5. The number of non-ortho nitro benzene ring substituents is 1. The van der Waals surface area contributed by atoms with E-state index >= 15 is 0 Å². The zero-order valence-electron chi connectivity index (χ0n) is 9.71. The van der Waals surface area contributed by atoms with Crippen molar-refractivity contribution in [2.24, 2.45) is 0 Å². The maximum Gasteiger partial charge on any atom is 0.270 e. The van der Waals surface area contributed by atoms with Gasteiger partial charge in [0.15, 0.2) is 0 Å². The van der Waals surface area contributed by atoms with Crippen LogP contribution in [-0.4, -0.2) is 33.6 Å². The number of nitro groups is 1. The number of hydrogen-bond donors (Lipinski definition) is 2. The van der Waals surface area contributed by atoms with Crippen LogP contribution in [0.1, 0.15) is 10.4 Å². The minimum absolute atomic E-state index is 0.0473. The molecule has 0 saturated heterocycles. The van der Waals surface area contributed by atoms with Gasteiger partial charge in [-0.15, -0.1) is 0 Å². The molecular formula is C10H13N3O4S. The van der Waals surface area contributed by atoms with E-state index in [4.69, 9.17) is 5.73 Å². The van der Waals surface area contributed by atoms with Gasteiger partial charge in [0.25, 0.3) is 11.6 Å². The van der Waals surface area contributed by atoms with Crippen LogP contribution in [0.3, 0.4) is 0 Å². The average Bonchev–Trinajstić information content (AvgIpc) is 2.28. The highest BCUT2D eigenvalue weighted by atomic mass is 32.2. The van der Waals surface area contributed by atoms with Gasteiger partial charge in [0.2, 0.25) is 0 Å². The summed E-state index contributed by atoms with van der Waals surface area (Å²) in [5.41, 5.74) is 5.59. The summed E-state index contributed by atoms with van der Waals surface area (Å²) in [7, 11) is -1.01. The summed E-state index contributed by atoms with van der Waals surface area (Å²) in [4.78, 5) is 21.7. The fraction of sp³-hybridized carbons (Fsp3) is 0.300. The number of hydrogen-bond acceptors (Lipinski definition) is 5. The van der Waals surface area contributed by atoms with Crippen molar-refractivity contribution in [2.75, 3.05) is 24.3 Å². The van der Waals surface area contributed by atoms with Gasteiger partial charge in [-0.25, -0.2) is 0 Å². The Kier molecular flexibility index (Phi) is 4.78. The summed E-state index contributed by atoms with van der Waals surface area (Å²) < 4.78 is 10.8. The van der Waals surface area contributed by atoms with Crippen molar-refractivity contribution < 1.29 is 13.9 Å². The number of nitrogens with one attached hydrogen (secondary N) is 1. The molecule has 0 fully saturated rings. The molecule has 0 saturated carbocycles. The van der Waals surface area contributed by atoms with Crippen molar-refractivity contribution in [3.05, 3.63) is 33.9 Å². The second kappa shape index (κ2) is 6.10. The normalized spacial score (nSPS) is 11.8. The third kappa shape index (κ3) is 3.81. The minimum Gasteiger partial charge on any atom is -0.398 e. The van der Waals surface area contributed by atoms with Crippen LogP contribution in [0.2, 0.25) is 0 Å². The van der Waals surface area contributed by atoms with Gasteiger partial charge in [-0.1, -0.05) is 0 Å². The zero-order valence-corrected chi connectivity index (χ0v) is 10.5. The number of carbonyl (C=O) groups is 1. The Labute approximate surface area is 106 Å². The number of nitro benzene ring substituents is 1. The lowest BCUT2D eigenvalue weighted by Gasteiger charge is -2.06. The number of nitrogen functional groups attached to an aromatic ring is 1. The van der Waals surface area contributed by atoms with Crippen molar-refractivity contribution in [2.45, 2.75) is 0 Å². The first-order chi connectivity index (χ1) is 8.41. The molecule has 0 spiro atoms. The van der Waals surface area contributed by atoms with E-state index in [1.165, 1.54) is 18.4 Å². The Bertz CT molecular complexity index is 504. The topological polar surface area (TPSA) is 115 Å². The van der Waals surface area contributed by atoms with E-state index in [1.54, 1.807) is 0 Å². The molecule has 0 bridgehead atoms. The van der Waals surface area contributed by atoms with Crippen molar-refractivity contribution in [1.82, 2.24) is 5.32 Å². The summed E-state index contributed by atoms with van der Waals surface area (Å²) in [6.07, 6.45) is 1.52. The summed E-state index contributed by atoms with van der Waals surface area (Å²) in [5.74, 6) is -0.192. The van der Waals surface area contributed by atoms with E-state index in [-0.39, 0.29) is 23.5 Å². The van der Waals surface area contributed by atoms with E-state index in [9.17, 15) is 19.1 Å². The molecular weight excluding hydrogens is 258 g/mol. The molecule has 0 aliphatic rings. The molecule has 1 unspecified atom stereocenters. The van der Waals surface area contributed by atoms with Gasteiger partial charge >= 0.3 is 0 Å². The van der Waals surface area contributed by atoms with Crippen LogP contribution < -0.4 is 11.1 Å². The molecule has 1 rings (SSSR count). The van der Waals surface area contributed by atoms with Crippen LogP contribution in [0.15, 0.2) is 18.2 Å². The molecule has 1 aromatic carbocycles. The molecule has 0 radical (unpaired) electrons. The van der Waals surface area contributed by atoms with Crippen LogP contribution in [0.4, 0.5) is 11.4 Å². The fourth-order valence-corrected chi connectivity index (χ4v) is 1.65. The first-order valence-electron chi connectivity index (χ1n) is 5.04. The van der Waals surface area contributed by atoms with Crippen LogP contribution in [0.25, 0.3) is 0 Å². The highest BCUT2D eigenvalue weighted by molar-refractivity contribution is 7.84. The maximum absolute atomic E-state index is 11.7. The number of nitrogens with zero attached hydrogens (tertiary/aromatic N) is 1. The third-order valence-corrected chi connectivity index (χ3v) is 2.95. The van der Waals surface area contributed by atoms with E-state index in [0.29, 0.717) is 5.75 Å². The van der Waals surface area contributed by atoms with E-state index < -0.39 is 21.6 Å². The highest BCUT2D eigenvalue weighted by Gasteiger charge is 2.14. The van der Waals surface area contributed by atoms with Gasteiger partial charge in [-0.3, -0.25) is 19.1 Å². The fourth-order valence-electron chi connectivity index (χ4n) is 1.26. The molecule has 18 heavy (non-hydrogen) atoms. The largest absolute Gasteiger partial charge is 0.398 e. The Morgan fingerprint density at radius 3 is 2.78 bits per heavy atom. The molecule has 98 valence electrons. The lowest BCUT2D eigenvalue weighted by Crippen LogP contribution is -2.28. The first kappa shape index (κ1) is 14.1. The monoisotopic (exact) mass is 271 g/mol. The summed E-state index contributed by atoms with van der Waals surface area (Å²) >= 11 is 0. The van der Waals surface area contributed by atoms with Crippen LogP contribution in [0, 0.1) is 10.1 Å². The number of amides is 1. The lowest BCUT2D eigenvalue weighted by atomic mass is 10.1. The molecule has 7 nitrogen and oxygen atoms in total. The van der Waals surface area contributed by atoms with E-state index in [2.05, 4.69) is 5.32 Å². The van der Waals surface area contributed by atoms with E-state index in [0.717, 1.165) is 6.07 Å². The first-order valence-corrected chi connectivity index (χ1v) is 6.76. The highest BCUT2D eigenvalue weighted by Crippen LogP contribution is 2.19. The molecule has 1 aromatic rings. The number of anilines is 1. The summed E-state index contributed by atoms with van der Waals surface area (Å²) in [6, 6.07) is 3.66. The molecule has 1 atom stereocenters. The average molecular weight is 271 g/mol. The van der Waals surface area contributed by atoms with Crippen molar-refractivity contribution in [3.63, 3.8) is 0 Å². The number of benzene rings is 1. The predicted octanol–water partition coefficient (Wildman–Crippen LogP) is 0.285. The Morgan fingerprint density at radius 1 is 1.56 bits per heavy atom.